The Bertz CT molecular complexity index is 853. The van der Waals surface area contributed by atoms with Crippen LogP contribution < -0.4 is 0 Å². The largest absolute Gasteiger partial charge is 0.478 e. The maximum absolute atomic E-state index is 12.6. The average Bonchev–Trinajstić information content (AvgIpc) is 3.10. The number of hydrogen-bond acceptors (Lipinski definition) is 3. The van der Waals surface area contributed by atoms with Gasteiger partial charge in [-0.1, -0.05) is 36.4 Å². The highest BCUT2D eigenvalue weighted by Gasteiger charge is 2.33. The molecule has 2 aromatic rings. The molecule has 1 fully saturated rings. The molecule has 3 rings (SSSR count). The van der Waals surface area contributed by atoms with Crippen LogP contribution in [-0.2, 0) is 4.74 Å². The second-order valence-corrected chi connectivity index (χ2v) is 7.81. The Hall–Kier alpha value is -2.82. The second-order valence-electron chi connectivity index (χ2n) is 7.81. The van der Waals surface area contributed by atoms with Crippen LogP contribution in [0.3, 0.4) is 0 Å². The lowest BCUT2D eigenvalue weighted by atomic mass is 9.95. The molecule has 0 bridgehead atoms. The van der Waals surface area contributed by atoms with Gasteiger partial charge in [0.25, 0.3) is 0 Å². The molecule has 1 heterocycles. The quantitative estimate of drug-likeness (QED) is 0.817. The van der Waals surface area contributed by atoms with Gasteiger partial charge in [-0.3, -0.25) is 0 Å². The molecule has 1 aliphatic rings. The molecule has 5 nitrogen and oxygen atoms in total. The molecule has 1 aliphatic heterocycles. The van der Waals surface area contributed by atoms with E-state index in [4.69, 9.17) is 4.74 Å². The number of ether oxygens (including phenoxy) is 1. The van der Waals surface area contributed by atoms with Crippen molar-refractivity contribution in [2.45, 2.75) is 45.3 Å². The number of carbonyl (C=O) groups excluding carboxylic acids is 1. The lowest BCUT2D eigenvalue weighted by Crippen LogP contribution is -2.36. The number of carboxylic acids is 1. The fourth-order valence-corrected chi connectivity index (χ4v) is 3.49. The van der Waals surface area contributed by atoms with Gasteiger partial charge >= 0.3 is 12.1 Å². The first-order valence-electron chi connectivity index (χ1n) is 9.18. The van der Waals surface area contributed by atoms with E-state index in [1.807, 2.05) is 57.2 Å². The molecule has 0 aliphatic carbocycles. The number of likely N-dealkylation sites (tertiary alicyclic amines) is 1. The molecule has 1 saturated heterocycles. The molecule has 1 N–H and O–H groups in total. The van der Waals surface area contributed by atoms with Gasteiger partial charge in [0.05, 0.1) is 11.6 Å². The van der Waals surface area contributed by atoms with E-state index < -0.39 is 11.6 Å². The van der Waals surface area contributed by atoms with Crippen molar-refractivity contribution in [2.24, 2.45) is 0 Å². The highest BCUT2D eigenvalue weighted by Crippen LogP contribution is 2.35. The number of hydrogen-bond donors (Lipinski definition) is 1. The number of carbonyl (C=O) groups is 2. The molecule has 1 amide bonds. The van der Waals surface area contributed by atoms with Gasteiger partial charge in [-0.05, 0) is 62.4 Å². The van der Waals surface area contributed by atoms with Crippen LogP contribution in [0, 0.1) is 0 Å². The van der Waals surface area contributed by atoms with Gasteiger partial charge in [0.2, 0.25) is 0 Å². The maximum atomic E-state index is 12.6. The molecular weight excluding hydrogens is 342 g/mol. The van der Waals surface area contributed by atoms with Crippen molar-refractivity contribution < 1.29 is 19.4 Å². The number of nitrogens with zero attached hydrogens (tertiary/aromatic N) is 1. The third kappa shape index (κ3) is 4.30. The fourth-order valence-electron chi connectivity index (χ4n) is 3.49. The summed E-state index contributed by atoms with van der Waals surface area (Å²) >= 11 is 0. The Morgan fingerprint density at radius 1 is 1.11 bits per heavy atom. The standard InChI is InChI=1S/C22H25NO4/c1-22(2,3)27-21(26)23-13-7-12-19(23)16-9-6-8-15(14-16)17-10-4-5-11-18(17)20(24)25/h4-6,8-11,14,19H,7,12-13H2,1-3H3,(H,24,25). The van der Waals surface area contributed by atoms with E-state index in [1.165, 1.54) is 0 Å². The van der Waals surface area contributed by atoms with Crippen LogP contribution in [0.2, 0.25) is 0 Å². The summed E-state index contributed by atoms with van der Waals surface area (Å²) in [5.41, 5.74) is 2.24. The molecule has 0 radical (unpaired) electrons. The van der Waals surface area contributed by atoms with Crippen molar-refractivity contribution in [3.8, 4) is 11.1 Å². The summed E-state index contributed by atoms with van der Waals surface area (Å²) in [5.74, 6) is -0.952. The SMILES string of the molecule is CC(C)(C)OC(=O)N1CCCC1c1cccc(-c2ccccc2C(=O)O)c1. The summed E-state index contributed by atoms with van der Waals surface area (Å²) in [6, 6.07) is 14.7. The number of benzene rings is 2. The van der Waals surface area contributed by atoms with Gasteiger partial charge in [-0.15, -0.1) is 0 Å². The Balaban J connectivity index is 1.92. The molecule has 0 aromatic heterocycles. The monoisotopic (exact) mass is 367 g/mol. The van der Waals surface area contributed by atoms with Crippen molar-refractivity contribution in [1.82, 2.24) is 4.90 Å². The van der Waals surface area contributed by atoms with Crippen molar-refractivity contribution in [2.75, 3.05) is 6.54 Å². The molecule has 142 valence electrons. The highest BCUT2D eigenvalue weighted by molar-refractivity contribution is 5.96. The molecule has 1 unspecified atom stereocenters. The lowest BCUT2D eigenvalue weighted by Gasteiger charge is -2.29. The van der Waals surface area contributed by atoms with Crippen molar-refractivity contribution in [3.05, 3.63) is 59.7 Å². The van der Waals surface area contributed by atoms with Crippen molar-refractivity contribution in [1.29, 1.82) is 0 Å². The molecule has 5 heteroatoms. The summed E-state index contributed by atoms with van der Waals surface area (Å²) in [7, 11) is 0. The minimum absolute atomic E-state index is 0.0585. The van der Waals surface area contributed by atoms with E-state index in [1.54, 1.807) is 17.0 Å². The van der Waals surface area contributed by atoms with Crippen LogP contribution in [0.15, 0.2) is 48.5 Å². The molecular formula is C22H25NO4. The van der Waals surface area contributed by atoms with E-state index in [-0.39, 0.29) is 17.7 Å². The van der Waals surface area contributed by atoms with Crippen LogP contribution in [0.4, 0.5) is 4.79 Å². The topological polar surface area (TPSA) is 66.8 Å². The number of aromatic carboxylic acids is 1. The first-order valence-corrected chi connectivity index (χ1v) is 9.18. The minimum Gasteiger partial charge on any atom is -0.478 e. The van der Waals surface area contributed by atoms with Crippen molar-refractivity contribution >= 4 is 12.1 Å². The average molecular weight is 367 g/mol. The van der Waals surface area contributed by atoms with Crippen molar-refractivity contribution in [3.63, 3.8) is 0 Å². The highest BCUT2D eigenvalue weighted by atomic mass is 16.6. The number of amides is 1. The summed E-state index contributed by atoms with van der Waals surface area (Å²) in [4.78, 5) is 25.9. The predicted molar refractivity (Wildman–Crippen MR) is 104 cm³/mol. The summed E-state index contributed by atoms with van der Waals surface area (Å²) < 4.78 is 5.55. The zero-order valence-electron chi connectivity index (χ0n) is 15.9. The van der Waals surface area contributed by atoms with E-state index in [0.717, 1.165) is 24.0 Å². The number of rotatable bonds is 3. The van der Waals surface area contributed by atoms with Crippen LogP contribution in [0.1, 0.15) is 55.6 Å². The van der Waals surface area contributed by atoms with Crippen LogP contribution >= 0.6 is 0 Å². The zero-order valence-corrected chi connectivity index (χ0v) is 15.9. The van der Waals surface area contributed by atoms with Gasteiger partial charge in [-0.2, -0.15) is 0 Å². The van der Waals surface area contributed by atoms with Gasteiger partial charge in [0, 0.05) is 6.54 Å². The third-order valence-corrected chi connectivity index (χ3v) is 4.62. The van der Waals surface area contributed by atoms with E-state index in [9.17, 15) is 14.7 Å². The molecule has 0 spiro atoms. The molecule has 0 saturated carbocycles. The summed E-state index contributed by atoms with van der Waals surface area (Å²) in [5, 5.41) is 9.46. The lowest BCUT2D eigenvalue weighted by molar-refractivity contribution is 0.0224. The van der Waals surface area contributed by atoms with Gasteiger partial charge < -0.3 is 14.7 Å². The Morgan fingerprint density at radius 2 is 1.85 bits per heavy atom. The second kappa shape index (κ2) is 7.43. The normalized spacial score (nSPS) is 17.0. The van der Waals surface area contributed by atoms with Crippen LogP contribution in [-0.4, -0.2) is 34.2 Å². The maximum Gasteiger partial charge on any atom is 0.410 e. The van der Waals surface area contributed by atoms with Crippen LogP contribution in [0.25, 0.3) is 11.1 Å². The first kappa shape index (κ1) is 19.0. The van der Waals surface area contributed by atoms with Gasteiger partial charge in [-0.25, -0.2) is 9.59 Å². The summed E-state index contributed by atoms with van der Waals surface area (Å²) in [6.07, 6.45) is 1.48. The first-order chi connectivity index (χ1) is 12.8. The molecule has 1 atom stereocenters. The van der Waals surface area contributed by atoms with Gasteiger partial charge in [0.1, 0.15) is 5.60 Å². The van der Waals surface area contributed by atoms with E-state index in [2.05, 4.69) is 0 Å². The minimum atomic E-state index is -0.952. The van der Waals surface area contributed by atoms with E-state index in [0.29, 0.717) is 12.1 Å². The fraction of sp³-hybridized carbons (Fsp3) is 0.364. The van der Waals surface area contributed by atoms with Crippen LogP contribution in [0.5, 0.6) is 0 Å². The smallest absolute Gasteiger partial charge is 0.410 e. The van der Waals surface area contributed by atoms with E-state index >= 15 is 0 Å². The predicted octanol–water partition coefficient (Wildman–Crippen LogP) is 5.12. The Labute approximate surface area is 159 Å². The summed E-state index contributed by atoms with van der Waals surface area (Å²) in [6.45, 7) is 6.24. The zero-order chi connectivity index (χ0) is 19.6. The Morgan fingerprint density at radius 3 is 2.56 bits per heavy atom. The molecule has 27 heavy (non-hydrogen) atoms. The molecule has 2 aromatic carbocycles. The number of carboxylic acid groups (broad SMARTS) is 1. The van der Waals surface area contributed by atoms with Gasteiger partial charge in [0.15, 0.2) is 0 Å². The third-order valence-electron chi connectivity index (χ3n) is 4.62. The Kier molecular flexibility index (Phi) is 5.22.